The number of carbonyl (C=O) groups is 2. The molecular formula is C31H43N3O6S. The summed E-state index contributed by atoms with van der Waals surface area (Å²) in [5.74, 6) is 1.12. The number of piperidine rings is 1. The van der Waals surface area contributed by atoms with Crippen molar-refractivity contribution in [3.63, 3.8) is 0 Å². The topological polar surface area (TPSA) is 114 Å². The number of nitrogens with zero attached hydrogens (tertiary/aromatic N) is 1. The molecule has 2 aliphatic heterocycles. The number of sulfone groups is 1. The van der Waals surface area contributed by atoms with E-state index in [0.717, 1.165) is 57.4 Å². The van der Waals surface area contributed by atoms with Gasteiger partial charge in [-0.1, -0.05) is 24.6 Å². The molecule has 0 saturated carbocycles. The van der Waals surface area contributed by atoms with Crippen molar-refractivity contribution in [2.24, 2.45) is 5.41 Å². The predicted molar refractivity (Wildman–Crippen MR) is 158 cm³/mol. The maximum absolute atomic E-state index is 13.3. The van der Waals surface area contributed by atoms with E-state index in [2.05, 4.69) is 21.6 Å². The molecule has 1 spiro atoms. The van der Waals surface area contributed by atoms with E-state index < -0.39 is 9.84 Å². The van der Waals surface area contributed by atoms with Gasteiger partial charge in [-0.3, -0.25) is 9.59 Å². The van der Waals surface area contributed by atoms with Gasteiger partial charge in [-0.15, -0.1) is 0 Å². The molecule has 4 rings (SSSR count). The van der Waals surface area contributed by atoms with Crippen molar-refractivity contribution in [3.8, 4) is 11.5 Å². The molecule has 1 saturated heterocycles. The Morgan fingerprint density at radius 2 is 1.83 bits per heavy atom. The third-order valence-electron chi connectivity index (χ3n) is 8.11. The largest absolute Gasteiger partial charge is 0.494 e. The maximum atomic E-state index is 13.3. The molecule has 2 aromatic carbocycles. The molecule has 0 aliphatic carbocycles. The third kappa shape index (κ3) is 8.69. The smallest absolute Gasteiger partial charge is 0.226 e. The number of hydrogen-bond donors (Lipinski definition) is 2. The van der Waals surface area contributed by atoms with Gasteiger partial charge in [0, 0.05) is 19.5 Å². The van der Waals surface area contributed by atoms with E-state index in [1.165, 1.54) is 17.7 Å². The number of likely N-dealkylation sites (tertiary alicyclic amines) is 1. The zero-order valence-electron chi connectivity index (χ0n) is 24.0. The van der Waals surface area contributed by atoms with Gasteiger partial charge >= 0.3 is 0 Å². The summed E-state index contributed by atoms with van der Waals surface area (Å²) in [5, 5.41) is 5.97. The van der Waals surface area contributed by atoms with E-state index in [9.17, 15) is 18.0 Å². The first-order valence-corrected chi connectivity index (χ1v) is 16.4. The van der Waals surface area contributed by atoms with Gasteiger partial charge in [0.1, 0.15) is 18.1 Å². The van der Waals surface area contributed by atoms with Crippen LogP contribution in [0.15, 0.2) is 53.4 Å². The summed E-state index contributed by atoms with van der Waals surface area (Å²) in [6, 6.07) is 14.4. The lowest BCUT2D eigenvalue weighted by molar-refractivity contribution is -0.134. The van der Waals surface area contributed by atoms with E-state index in [1.54, 1.807) is 12.1 Å². The summed E-state index contributed by atoms with van der Waals surface area (Å²) in [6.07, 6.45) is 5.29. The zero-order valence-corrected chi connectivity index (χ0v) is 24.8. The lowest BCUT2D eigenvalue weighted by Gasteiger charge is -2.41. The highest BCUT2D eigenvalue weighted by atomic mass is 32.2. The molecular weight excluding hydrogens is 542 g/mol. The Bertz CT molecular complexity index is 1260. The summed E-state index contributed by atoms with van der Waals surface area (Å²) in [6.45, 7) is 5.99. The van der Waals surface area contributed by atoms with Crippen molar-refractivity contribution in [1.82, 2.24) is 15.5 Å². The molecule has 10 heteroatoms. The third-order valence-corrected chi connectivity index (χ3v) is 9.84. The van der Waals surface area contributed by atoms with Crippen LogP contribution in [0.4, 0.5) is 0 Å². The molecule has 2 heterocycles. The number of ether oxygens (including phenoxy) is 2. The number of rotatable bonds is 9. The quantitative estimate of drug-likeness (QED) is 0.464. The molecule has 0 aromatic heterocycles. The van der Waals surface area contributed by atoms with Gasteiger partial charge in [0.2, 0.25) is 11.8 Å². The predicted octanol–water partition coefficient (Wildman–Crippen LogP) is 3.37. The first kappa shape index (κ1) is 30.8. The van der Waals surface area contributed by atoms with Gasteiger partial charge < -0.3 is 25.0 Å². The standard InChI is InChI=1S/C31H43N3O6S/c1-2-39-26-10-12-27(13-11-26)41(37,38)24-14-29(35)32-18-22-34-20-16-31(17-21-34)15-6-5-8-25-7-3-4-9-28(25)40-23-19-33-30(31)36/h3-4,7,9-13H,2,5-6,8,14-24H2,1H3,(H,32,35)(H,33,36). The van der Waals surface area contributed by atoms with Crippen LogP contribution in [0, 0.1) is 5.41 Å². The van der Waals surface area contributed by atoms with E-state index in [4.69, 9.17) is 9.47 Å². The Morgan fingerprint density at radius 1 is 1.07 bits per heavy atom. The second kappa shape index (κ2) is 14.7. The SMILES string of the molecule is CCOc1ccc(S(=O)(=O)CCC(=O)NCCN2CCC3(CCCCc4ccccc4OCCNC3=O)CC2)cc1. The van der Waals surface area contributed by atoms with Crippen LogP contribution in [-0.4, -0.2) is 76.8 Å². The Hall–Kier alpha value is -3.11. The van der Waals surface area contributed by atoms with Crippen LogP contribution >= 0.6 is 0 Å². The van der Waals surface area contributed by atoms with Crippen LogP contribution in [0.2, 0.25) is 0 Å². The van der Waals surface area contributed by atoms with Crippen molar-refractivity contribution in [2.75, 3.05) is 51.7 Å². The molecule has 0 radical (unpaired) electrons. The average Bonchev–Trinajstić information content (AvgIpc) is 2.98. The molecule has 0 bridgehead atoms. The van der Waals surface area contributed by atoms with Gasteiger partial charge in [0.25, 0.3) is 0 Å². The highest BCUT2D eigenvalue weighted by Crippen LogP contribution is 2.37. The Balaban J connectivity index is 1.19. The van der Waals surface area contributed by atoms with Gasteiger partial charge in [-0.05, 0) is 88.0 Å². The molecule has 2 N–H and O–H groups in total. The van der Waals surface area contributed by atoms with Crippen LogP contribution in [0.5, 0.6) is 11.5 Å². The van der Waals surface area contributed by atoms with Crippen molar-refractivity contribution in [3.05, 3.63) is 54.1 Å². The summed E-state index contributed by atoms with van der Waals surface area (Å²) < 4.78 is 36.5. The van der Waals surface area contributed by atoms with Crippen LogP contribution in [-0.2, 0) is 25.8 Å². The molecule has 2 aliphatic rings. The first-order valence-electron chi connectivity index (χ1n) is 14.7. The summed E-state index contributed by atoms with van der Waals surface area (Å²) in [7, 11) is -3.56. The Kier molecular flexibility index (Phi) is 11.0. The molecule has 9 nitrogen and oxygen atoms in total. The van der Waals surface area contributed by atoms with Crippen molar-refractivity contribution in [2.45, 2.75) is 56.8 Å². The number of carbonyl (C=O) groups excluding carboxylic acids is 2. The molecule has 41 heavy (non-hydrogen) atoms. The van der Waals surface area contributed by atoms with Crippen LogP contribution < -0.4 is 20.1 Å². The van der Waals surface area contributed by atoms with Crippen LogP contribution in [0.1, 0.15) is 51.0 Å². The molecule has 2 amide bonds. The Morgan fingerprint density at radius 3 is 2.59 bits per heavy atom. The number of benzene rings is 2. The average molecular weight is 586 g/mol. The number of aryl methyl sites for hydroxylation is 1. The van der Waals surface area contributed by atoms with Gasteiger partial charge in [-0.25, -0.2) is 8.42 Å². The molecule has 0 unspecified atom stereocenters. The summed E-state index contributed by atoms with van der Waals surface area (Å²) in [5.41, 5.74) is 0.854. The van der Waals surface area contributed by atoms with Crippen LogP contribution in [0.3, 0.4) is 0 Å². The molecule has 0 atom stereocenters. The number of hydrogen-bond acceptors (Lipinski definition) is 7. The number of amides is 2. The number of para-hydroxylation sites is 1. The first-order chi connectivity index (χ1) is 19.8. The molecule has 1 fully saturated rings. The fourth-order valence-electron chi connectivity index (χ4n) is 5.63. The van der Waals surface area contributed by atoms with Gasteiger partial charge in [0.05, 0.1) is 29.2 Å². The normalized spacial score (nSPS) is 18.2. The maximum Gasteiger partial charge on any atom is 0.226 e. The molecule has 224 valence electrons. The Labute approximate surface area is 243 Å². The monoisotopic (exact) mass is 585 g/mol. The minimum absolute atomic E-state index is 0.0903. The zero-order chi connectivity index (χ0) is 29.1. The van der Waals surface area contributed by atoms with Gasteiger partial charge in [-0.2, -0.15) is 0 Å². The minimum atomic E-state index is -3.56. The summed E-state index contributed by atoms with van der Waals surface area (Å²) >= 11 is 0. The molecule has 2 aromatic rings. The highest BCUT2D eigenvalue weighted by Gasteiger charge is 2.40. The number of fused-ring (bicyclic) bond motifs is 1. The van der Waals surface area contributed by atoms with Crippen molar-refractivity contribution >= 4 is 21.7 Å². The van der Waals surface area contributed by atoms with E-state index >= 15 is 0 Å². The fourth-order valence-corrected chi connectivity index (χ4v) is 6.88. The minimum Gasteiger partial charge on any atom is -0.494 e. The lowest BCUT2D eigenvalue weighted by Crippen LogP contribution is -2.50. The van der Waals surface area contributed by atoms with Crippen LogP contribution in [0.25, 0.3) is 0 Å². The second-order valence-electron chi connectivity index (χ2n) is 10.9. The van der Waals surface area contributed by atoms with Gasteiger partial charge in [0.15, 0.2) is 9.84 Å². The fraction of sp³-hybridized carbons (Fsp3) is 0.548. The van der Waals surface area contributed by atoms with E-state index in [1.807, 2.05) is 25.1 Å². The van der Waals surface area contributed by atoms with Crippen molar-refractivity contribution in [1.29, 1.82) is 0 Å². The van der Waals surface area contributed by atoms with Crippen molar-refractivity contribution < 1.29 is 27.5 Å². The second-order valence-corrected chi connectivity index (χ2v) is 13.0. The van der Waals surface area contributed by atoms with E-state index in [-0.39, 0.29) is 34.3 Å². The van der Waals surface area contributed by atoms with E-state index in [0.29, 0.717) is 38.6 Å². The lowest BCUT2D eigenvalue weighted by atomic mass is 9.73. The number of nitrogens with one attached hydrogen (secondary N) is 2. The highest BCUT2D eigenvalue weighted by molar-refractivity contribution is 7.91. The summed E-state index contributed by atoms with van der Waals surface area (Å²) in [4.78, 5) is 28.1.